The molecule has 0 unspecified atom stereocenters. The zero-order valence-electron chi connectivity index (χ0n) is 7.60. The molecule has 0 amide bonds. The summed E-state index contributed by atoms with van der Waals surface area (Å²) >= 11 is 5.56. The van der Waals surface area contributed by atoms with Gasteiger partial charge in [-0.15, -0.1) is 0 Å². The van der Waals surface area contributed by atoms with E-state index in [4.69, 9.17) is 17.3 Å². The Hall–Kier alpha value is -1.34. The largest absolute Gasteiger partial charge is 0.392 e. The van der Waals surface area contributed by atoms with E-state index in [0.29, 0.717) is 0 Å². The van der Waals surface area contributed by atoms with E-state index in [0.717, 1.165) is 12.3 Å². The highest BCUT2D eigenvalue weighted by molar-refractivity contribution is 7.90. The molecule has 1 aromatic carbocycles. The maximum Gasteiger partial charge on any atom is 0.312 e. The van der Waals surface area contributed by atoms with Crippen LogP contribution in [0.5, 0.6) is 0 Å². The number of hydrogen-bond donors (Lipinski definition) is 1. The summed E-state index contributed by atoms with van der Waals surface area (Å²) in [5.41, 5.74) is 4.32. The molecule has 15 heavy (non-hydrogen) atoms. The second-order valence-electron chi connectivity index (χ2n) is 2.84. The van der Waals surface area contributed by atoms with Crippen molar-refractivity contribution in [3.05, 3.63) is 27.3 Å². The van der Waals surface area contributed by atoms with Crippen LogP contribution in [0.4, 0.5) is 11.4 Å². The molecule has 0 saturated heterocycles. The molecule has 1 rings (SSSR count). The summed E-state index contributed by atoms with van der Waals surface area (Å²) in [6.45, 7) is 0. The monoisotopic (exact) mass is 250 g/mol. The van der Waals surface area contributed by atoms with E-state index in [1.54, 1.807) is 0 Å². The predicted octanol–water partition coefficient (Wildman–Crippen LogP) is 1.23. The van der Waals surface area contributed by atoms with Crippen molar-refractivity contribution >= 4 is 32.8 Å². The fourth-order valence-corrected chi connectivity index (χ4v) is 2.05. The van der Waals surface area contributed by atoms with E-state index in [2.05, 4.69) is 0 Å². The highest BCUT2D eigenvalue weighted by atomic mass is 35.5. The van der Waals surface area contributed by atoms with Crippen LogP contribution in [0.15, 0.2) is 17.0 Å². The second-order valence-corrected chi connectivity index (χ2v) is 5.23. The van der Waals surface area contributed by atoms with Gasteiger partial charge in [0.25, 0.3) is 0 Å². The smallest absolute Gasteiger partial charge is 0.312 e. The van der Waals surface area contributed by atoms with Gasteiger partial charge in [0.15, 0.2) is 9.84 Å². The Kier molecular flexibility index (Phi) is 2.87. The van der Waals surface area contributed by atoms with Crippen LogP contribution in [0.1, 0.15) is 0 Å². The van der Waals surface area contributed by atoms with Crippen LogP contribution in [-0.4, -0.2) is 19.6 Å². The average Bonchev–Trinajstić information content (AvgIpc) is 2.06. The van der Waals surface area contributed by atoms with Crippen LogP contribution < -0.4 is 5.73 Å². The summed E-state index contributed by atoms with van der Waals surface area (Å²) in [6, 6.07) is 2.27. The third kappa shape index (κ3) is 2.18. The molecule has 0 atom stereocenters. The number of nitro groups is 1. The van der Waals surface area contributed by atoms with Crippen molar-refractivity contribution in [3.8, 4) is 0 Å². The van der Waals surface area contributed by atoms with Crippen molar-refractivity contribution in [1.29, 1.82) is 0 Å². The van der Waals surface area contributed by atoms with Crippen LogP contribution in [0.2, 0.25) is 5.02 Å². The number of nitro benzene ring substituents is 1. The minimum atomic E-state index is -3.70. The van der Waals surface area contributed by atoms with Crippen molar-refractivity contribution in [2.45, 2.75) is 4.90 Å². The lowest BCUT2D eigenvalue weighted by Crippen LogP contribution is -2.05. The van der Waals surface area contributed by atoms with Gasteiger partial charge >= 0.3 is 5.69 Å². The number of sulfone groups is 1. The summed E-state index contributed by atoms with van der Waals surface area (Å²) < 4.78 is 22.4. The van der Waals surface area contributed by atoms with Crippen LogP contribution in [0, 0.1) is 10.1 Å². The number of benzene rings is 1. The zero-order valence-corrected chi connectivity index (χ0v) is 9.17. The van der Waals surface area contributed by atoms with Crippen molar-refractivity contribution in [2.24, 2.45) is 0 Å². The van der Waals surface area contributed by atoms with Gasteiger partial charge in [-0.05, 0) is 12.1 Å². The number of hydrogen-bond acceptors (Lipinski definition) is 5. The van der Waals surface area contributed by atoms with Crippen LogP contribution in [-0.2, 0) is 9.84 Å². The molecule has 0 saturated carbocycles. The van der Waals surface area contributed by atoms with Gasteiger partial charge in [-0.1, -0.05) is 11.6 Å². The Labute approximate surface area is 90.7 Å². The fraction of sp³-hybridized carbons (Fsp3) is 0.143. The summed E-state index contributed by atoms with van der Waals surface area (Å²) in [5, 5.41) is 10.6. The number of halogens is 1. The quantitative estimate of drug-likeness (QED) is 0.483. The van der Waals surface area contributed by atoms with Gasteiger partial charge < -0.3 is 5.73 Å². The van der Waals surface area contributed by atoms with E-state index in [1.165, 1.54) is 6.07 Å². The van der Waals surface area contributed by atoms with Gasteiger partial charge in [0.1, 0.15) is 10.6 Å². The minimum Gasteiger partial charge on any atom is -0.392 e. The molecule has 0 aliphatic carbocycles. The fourth-order valence-electron chi connectivity index (χ4n) is 1.05. The average molecular weight is 251 g/mol. The molecule has 0 heterocycles. The standard InChI is InChI=1S/C7H7ClN2O4S/c1-15(13,14)5-3-2-4(8)6(9)7(5)10(11)12/h2-3H,9H2,1H3. The van der Waals surface area contributed by atoms with E-state index >= 15 is 0 Å². The Morgan fingerprint density at radius 2 is 2.00 bits per heavy atom. The number of anilines is 1. The van der Waals surface area contributed by atoms with Crippen LogP contribution in [0.3, 0.4) is 0 Å². The molecule has 82 valence electrons. The van der Waals surface area contributed by atoms with E-state index in [9.17, 15) is 18.5 Å². The Bertz CT molecular complexity index is 526. The van der Waals surface area contributed by atoms with Crippen LogP contribution in [0.25, 0.3) is 0 Å². The molecule has 6 nitrogen and oxygen atoms in total. The number of nitrogens with two attached hydrogens (primary N) is 1. The molecule has 0 radical (unpaired) electrons. The molecular weight excluding hydrogens is 244 g/mol. The van der Waals surface area contributed by atoms with Crippen molar-refractivity contribution in [3.63, 3.8) is 0 Å². The molecule has 0 spiro atoms. The van der Waals surface area contributed by atoms with Crippen LogP contribution >= 0.6 is 11.6 Å². The van der Waals surface area contributed by atoms with Crippen molar-refractivity contribution < 1.29 is 13.3 Å². The van der Waals surface area contributed by atoms with Crippen molar-refractivity contribution in [2.75, 3.05) is 12.0 Å². The lowest BCUT2D eigenvalue weighted by Gasteiger charge is -2.04. The van der Waals surface area contributed by atoms with Crippen molar-refractivity contribution in [1.82, 2.24) is 0 Å². The lowest BCUT2D eigenvalue weighted by atomic mass is 10.3. The third-order valence-electron chi connectivity index (χ3n) is 1.71. The summed E-state index contributed by atoms with van der Waals surface area (Å²) in [4.78, 5) is 9.34. The second kappa shape index (κ2) is 3.67. The molecule has 0 bridgehead atoms. The van der Waals surface area contributed by atoms with Gasteiger partial charge in [0, 0.05) is 6.26 Å². The maximum atomic E-state index is 11.2. The molecule has 0 aliphatic heterocycles. The Balaban J connectivity index is 3.70. The lowest BCUT2D eigenvalue weighted by molar-refractivity contribution is -0.386. The maximum absolute atomic E-state index is 11.2. The summed E-state index contributed by atoms with van der Waals surface area (Å²) in [7, 11) is -3.70. The SMILES string of the molecule is CS(=O)(=O)c1ccc(Cl)c(N)c1[N+](=O)[O-]. The summed E-state index contributed by atoms with van der Waals surface area (Å²) in [6.07, 6.45) is 0.864. The van der Waals surface area contributed by atoms with Gasteiger partial charge in [-0.3, -0.25) is 10.1 Å². The molecule has 1 aromatic rings. The zero-order chi connectivity index (χ0) is 11.8. The number of nitrogens with zero attached hydrogens (tertiary/aromatic N) is 1. The van der Waals surface area contributed by atoms with Gasteiger partial charge in [-0.2, -0.15) is 0 Å². The Morgan fingerprint density at radius 1 is 1.47 bits per heavy atom. The van der Waals surface area contributed by atoms with Gasteiger partial charge in [0.05, 0.1) is 9.95 Å². The third-order valence-corrected chi connectivity index (χ3v) is 3.17. The summed E-state index contributed by atoms with van der Waals surface area (Å²) in [5.74, 6) is 0. The first kappa shape index (κ1) is 11.7. The van der Waals surface area contributed by atoms with E-state index < -0.39 is 25.3 Å². The molecule has 0 aromatic heterocycles. The first-order chi connectivity index (χ1) is 6.75. The van der Waals surface area contributed by atoms with E-state index in [1.807, 2.05) is 0 Å². The topological polar surface area (TPSA) is 103 Å². The molecule has 0 fully saturated rings. The first-order valence-electron chi connectivity index (χ1n) is 3.67. The molecule has 2 N–H and O–H groups in total. The first-order valence-corrected chi connectivity index (χ1v) is 5.94. The van der Waals surface area contributed by atoms with E-state index in [-0.39, 0.29) is 10.7 Å². The van der Waals surface area contributed by atoms with Gasteiger partial charge in [-0.25, -0.2) is 8.42 Å². The Morgan fingerprint density at radius 3 is 2.40 bits per heavy atom. The number of nitrogen functional groups attached to an aromatic ring is 1. The normalized spacial score (nSPS) is 11.3. The predicted molar refractivity (Wildman–Crippen MR) is 55.6 cm³/mol. The molecular formula is C7H7ClN2O4S. The van der Waals surface area contributed by atoms with Gasteiger partial charge in [0.2, 0.25) is 0 Å². The minimum absolute atomic E-state index is 0.0471. The number of rotatable bonds is 2. The highest BCUT2D eigenvalue weighted by Gasteiger charge is 2.26. The molecule has 0 aliphatic rings. The highest BCUT2D eigenvalue weighted by Crippen LogP contribution is 2.35. The molecule has 8 heteroatoms.